The van der Waals surface area contributed by atoms with Crippen molar-refractivity contribution in [1.82, 2.24) is 29.8 Å². The molecular weight excluding hydrogens is 448 g/mol. The van der Waals surface area contributed by atoms with Crippen LogP contribution < -0.4 is 4.74 Å². The van der Waals surface area contributed by atoms with E-state index in [0.29, 0.717) is 23.0 Å². The Labute approximate surface area is 193 Å². The minimum atomic E-state index is -0.399. The summed E-state index contributed by atoms with van der Waals surface area (Å²) < 4.78 is 22.1. The van der Waals surface area contributed by atoms with Crippen molar-refractivity contribution in [2.24, 2.45) is 0 Å². The molecule has 0 aliphatic rings. The molecule has 1 N–H and O–H groups in total. The van der Waals surface area contributed by atoms with Crippen molar-refractivity contribution in [1.29, 1.82) is 0 Å². The van der Waals surface area contributed by atoms with Gasteiger partial charge in [0.05, 0.1) is 5.82 Å². The van der Waals surface area contributed by atoms with Crippen LogP contribution in [-0.4, -0.2) is 29.8 Å². The first kappa shape index (κ1) is 21.5. The average molecular weight is 468 g/mol. The number of nitrogens with zero attached hydrogens (tertiary/aromatic N) is 5. The molecule has 147 valence electrons. The van der Waals surface area contributed by atoms with E-state index in [9.17, 15) is 4.39 Å². The molecule has 0 aliphatic carbocycles. The number of aromatic nitrogens is 6. The molecule has 0 bridgehead atoms. The van der Waals surface area contributed by atoms with Gasteiger partial charge in [0, 0.05) is 50.3 Å². The fraction of sp³-hybridized carbons (Fsp3) is 0.300. The number of H-pyrrole nitrogens is 1. The van der Waals surface area contributed by atoms with Gasteiger partial charge in [-0.3, -0.25) is 9.49 Å². The second-order valence-electron chi connectivity index (χ2n) is 7.64. The molecule has 1 radical (unpaired) electrons. The van der Waals surface area contributed by atoms with Crippen LogP contribution in [0.5, 0.6) is 5.75 Å². The number of halogens is 1. The zero-order valence-corrected chi connectivity index (χ0v) is 19.5. The monoisotopic (exact) mass is 468 g/mol. The summed E-state index contributed by atoms with van der Waals surface area (Å²) in [5.74, 6) is 1.23. The number of hydrogen-bond acceptors (Lipinski definition) is 5. The number of hydrogen-bond donors (Lipinski definition) is 1. The van der Waals surface area contributed by atoms with Gasteiger partial charge in [-0.2, -0.15) is 10.2 Å². The summed E-state index contributed by atoms with van der Waals surface area (Å²) in [4.78, 5) is 4.08. The number of fused-ring (bicyclic) bond motifs is 1. The van der Waals surface area contributed by atoms with Gasteiger partial charge in [0.1, 0.15) is 18.7 Å². The minimum absolute atomic E-state index is 0. The molecule has 0 unspecified atom stereocenters. The molecule has 4 aromatic rings. The zero-order valence-electron chi connectivity index (χ0n) is 16.7. The van der Waals surface area contributed by atoms with E-state index in [-0.39, 0.29) is 50.3 Å². The van der Waals surface area contributed by atoms with Crippen LogP contribution in [0.4, 0.5) is 4.39 Å². The van der Waals surface area contributed by atoms with Crippen molar-refractivity contribution in [2.75, 3.05) is 0 Å². The first-order valence-corrected chi connectivity index (χ1v) is 8.88. The molecule has 0 amide bonds. The Morgan fingerprint density at radius 2 is 2.03 bits per heavy atom. The predicted octanol–water partition coefficient (Wildman–Crippen LogP) is 3.64. The fourth-order valence-corrected chi connectivity index (χ4v) is 2.98. The third kappa shape index (κ3) is 4.38. The standard InChI is InChI=1S/C20H20FN6O.Y/c1-12-5-6-15(21)13(7-12)19-26-25-18-8-14(20(2,3)4)16(9-27(18)19)28-10-17-22-11-23-24-17;/h5-6,8-9,11H,10H2,1-4H3,(H,22,23,24);/q-1;. The van der Waals surface area contributed by atoms with Gasteiger partial charge in [-0.05, 0) is 11.5 Å². The zero-order chi connectivity index (χ0) is 19.9. The molecule has 3 heterocycles. The number of pyridine rings is 1. The Balaban J connectivity index is 0.00000240. The Hall–Kier alpha value is -2.19. The quantitative estimate of drug-likeness (QED) is 0.463. The van der Waals surface area contributed by atoms with Gasteiger partial charge < -0.3 is 9.14 Å². The van der Waals surface area contributed by atoms with Crippen LogP contribution in [0, 0.1) is 18.8 Å². The largest absolute Gasteiger partial charge is 0.484 e. The average Bonchev–Trinajstić information content (AvgIpc) is 3.29. The summed E-state index contributed by atoms with van der Waals surface area (Å²) in [6, 6.07) is 8.03. The van der Waals surface area contributed by atoms with Crippen molar-refractivity contribution in [3.63, 3.8) is 0 Å². The molecule has 0 saturated carbocycles. The molecule has 29 heavy (non-hydrogen) atoms. The molecule has 0 spiro atoms. The van der Waals surface area contributed by atoms with Gasteiger partial charge in [-0.1, -0.05) is 33.3 Å². The number of rotatable bonds is 4. The van der Waals surface area contributed by atoms with E-state index >= 15 is 0 Å². The second kappa shape index (κ2) is 8.28. The van der Waals surface area contributed by atoms with E-state index in [0.717, 1.165) is 11.1 Å². The summed E-state index contributed by atoms with van der Waals surface area (Å²) in [5.41, 5.74) is 2.48. The van der Waals surface area contributed by atoms with Crippen LogP contribution in [0.3, 0.4) is 0 Å². The maximum atomic E-state index is 14.4. The molecular formula is C20H20FN6OY-. The normalized spacial score (nSPS) is 11.5. The Bertz CT molecular complexity index is 1130. The van der Waals surface area contributed by atoms with Gasteiger partial charge in [0.2, 0.25) is 0 Å². The van der Waals surface area contributed by atoms with E-state index in [4.69, 9.17) is 4.74 Å². The number of aromatic amines is 1. The van der Waals surface area contributed by atoms with Gasteiger partial charge in [0.15, 0.2) is 11.5 Å². The van der Waals surface area contributed by atoms with Crippen LogP contribution in [0.15, 0.2) is 30.7 Å². The number of nitrogens with one attached hydrogen (secondary N) is 1. The van der Waals surface area contributed by atoms with E-state index < -0.39 is 5.82 Å². The van der Waals surface area contributed by atoms with Gasteiger partial charge in [0.25, 0.3) is 0 Å². The molecule has 4 rings (SSSR count). The van der Waals surface area contributed by atoms with Crippen LogP contribution in [0.25, 0.3) is 17.0 Å². The molecule has 0 saturated heterocycles. The molecule has 0 atom stereocenters. The number of benzene rings is 1. The van der Waals surface area contributed by atoms with Crippen molar-refractivity contribution < 1.29 is 41.8 Å². The summed E-state index contributed by atoms with van der Waals surface area (Å²) >= 11 is 0. The fourth-order valence-electron chi connectivity index (χ4n) is 2.98. The Kier molecular flexibility index (Phi) is 6.14. The number of ether oxygens (including phenoxy) is 1. The first-order valence-electron chi connectivity index (χ1n) is 8.88. The van der Waals surface area contributed by atoms with E-state index in [1.165, 1.54) is 12.4 Å². The van der Waals surface area contributed by atoms with Crippen molar-refractivity contribution in [2.45, 2.75) is 39.7 Å². The summed E-state index contributed by atoms with van der Waals surface area (Å²) in [7, 11) is 0. The van der Waals surface area contributed by atoms with E-state index in [2.05, 4.69) is 52.2 Å². The van der Waals surface area contributed by atoms with Crippen LogP contribution >= 0.6 is 0 Å². The molecule has 3 aromatic heterocycles. The van der Waals surface area contributed by atoms with Crippen LogP contribution in [0.2, 0.25) is 0 Å². The van der Waals surface area contributed by atoms with Crippen molar-refractivity contribution >= 4 is 5.65 Å². The van der Waals surface area contributed by atoms with Crippen molar-refractivity contribution in [3.8, 4) is 17.1 Å². The second-order valence-corrected chi connectivity index (χ2v) is 7.64. The molecule has 1 aromatic carbocycles. The molecule has 0 aliphatic heterocycles. The third-order valence-electron chi connectivity index (χ3n) is 4.41. The third-order valence-corrected chi connectivity index (χ3v) is 4.41. The van der Waals surface area contributed by atoms with E-state index in [1.54, 1.807) is 16.7 Å². The maximum absolute atomic E-state index is 14.4. The summed E-state index contributed by atoms with van der Waals surface area (Å²) in [6.07, 6.45) is 3.22. The van der Waals surface area contributed by atoms with E-state index in [1.807, 2.05) is 13.0 Å². The first-order chi connectivity index (χ1) is 13.3. The van der Waals surface area contributed by atoms with Gasteiger partial charge in [-0.15, -0.1) is 28.9 Å². The Morgan fingerprint density at radius 1 is 1.24 bits per heavy atom. The van der Waals surface area contributed by atoms with Gasteiger partial charge >= 0.3 is 0 Å². The minimum Gasteiger partial charge on any atom is -0.484 e. The van der Waals surface area contributed by atoms with Crippen molar-refractivity contribution in [3.05, 3.63) is 59.6 Å². The van der Waals surface area contributed by atoms with Crippen LogP contribution in [-0.2, 0) is 44.7 Å². The Morgan fingerprint density at radius 3 is 2.72 bits per heavy atom. The molecule has 0 fully saturated rings. The van der Waals surface area contributed by atoms with Gasteiger partial charge in [-0.25, -0.2) is 4.98 Å². The summed E-state index contributed by atoms with van der Waals surface area (Å²) in [6.45, 7) is 8.36. The topological polar surface area (TPSA) is 81.0 Å². The molecule has 9 heteroatoms. The molecule has 7 nitrogen and oxygen atoms in total. The SMILES string of the molecule is Cc1[c-]c(-c2nnc3cc(C(C)(C)C)c(OCc4ncn[nH]4)cn23)c(F)cc1.[Y]. The predicted molar refractivity (Wildman–Crippen MR) is 101 cm³/mol. The summed E-state index contributed by atoms with van der Waals surface area (Å²) in [5, 5.41) is 15.0. The number of aryl methyl sites for hydroxylation is 1. The maximum Gasteiger partial charge on any atom is 0.162 e. The van der Waals surface area contributed by atoms with Crippen LogP contribution in [0.1, 0.15) is 37.7 Å². The smallest absolute Gasteiger partial charge is 0.162 e.